The van der Waals surface area contributed by atoms with E-state index in [-0.39, 0.29) is 17.4 Å². The van der Waals surface area contributed by atoms with E-state index < -0.39 is 11.8 Å². The second kappa shape index (κ2) is 15.8. The highest BCUT2D eigenvalue weighted by Crippen LogP contribution is 2.38. The zero-order valence-corrected chi connectivity index (χ0v) is 27.2. The minimum atomic E-state index is -0.554. The third-order valence-electron chi connectivity index (χ3n) is 6.12. The van der Waals surface area contributed by atoms with Crippen molar-refractivity contribution in [1.82, 2.24) is 5.32 Å². The Morgan fingerprint density at radius 3 is 2.09 bits per heavy atom. The van der Waals surface area contributed by atoms with Gasteiger partial charge in [0, 0.05) is 25.4 Å². The van der Waals surface area contributed by atoms with Crippen molar-refractivity contribution in [2.75, 3.05) is 37.7 Å². The monoisotopic (exact) mass is 723 g/mol. The number of hydrogen-bond donors (Lipinski definition) is 3. The predicted molar refractivity (Wildman–Crippen MR) is 182 cm³/mol. The predicted octanol–water partition coefficient (Wildman–Crippen LogP) is 6.46. The molecule has 0 aliphatic rings. The van der Waals surface area contributed by atoms with Crippen molar-refractivity contribution >= 4 is 69.5 Å². The van der Waals surface area contributed by atoms with Crippen molar-refractivity contribution in [3.8, 4) is 17.2 Å². The first kappa shape index (κ1) is 32.4. The minimum absolute atomic E-state index is 0.0110. The molecule has 0 fully saturated rings. The van der Waals surface area contributed by atoms with E-state index in [1.807, 2.05) is 30.3 Å². The summed E-state index contributed by atoms with van der Waals surface area (Å²) < 4.78 is 17.4. The molecule has 4 aromatic rings. The molecule has 9 nitrogen and oxygen atoms in total. The van der Waals surface area contributed by atoms with Crippen LogP contribution in [0.2, 0.25) is 0 Å². The number of carbonyl (C=O) groups excluding carboxylic acids is 3. The summed E-state index contributed by atoms with van der Waals surface area (Å²) in [5.74, 6) is 0.205. The van der Waals surface area contributed by atoms with Gasteiger partial charge in [0.25, 0.3) is 11.8 Å². The average molecular weight is 724 g/mol. The summed E-state index contributed by atoms with van der Waals surface area (Å²) >= 11 is 3.54. The number of carbonyl (C=O) groups is 3. The van der Waals surface area contributed by atoms with Gasteiger partial charge in [-0.1, -0.05) is 24.3 Å². The van der Waals surface area contributed by atoms with E-state index in [2.05, 4.69) is 38.5 Å². The Hall–Kier alpha value is -4.49. The number of anilines is 2. The first-order valence-corrected chi connectivity index (χ1v) is 15.3. The van der Waals surface area contributed by atoms with Crippen LogP contribution in [-0.2, 0) is 9.59 Å². The summed E-state index contributed by atoms with van der Waals surface area (Å²) in [5, 5.41) is 8.45. The van der Waals surface area contributed by atoms with Crippen molar-refractivity contribution in [3.63, 3.8) is 0 Å². The number of methoxy groups -OCH3 is 3. The molecule has 0 atom stereocenters. The molecule has 3 N–H and O–H groups in total. The van der Waals surface area contributed by atoms with Crippen LogP contribution in [0, 0.1) is 3.57 Å². The Morgan fingerprint density at radius 2 is 1.45 bits per heavy atom. The van der Waals surface area contributed by atoms with Gasteiger partial charge < -0.3 is 30.2 Å². The normalized spacial score (nSPS) is 10.9. The van der Waals surface area contributed by atoms with Crippen molar-refractivity contribution in [2.45, 2.75) is 4.90 Å². The van der Waals surface area contributed by atoms with E-state index in [1.165, 1.54) is 39.2 Å². The van der Waals surface area contributed by atoms with Gasteiger partial charge in [-0.25, -0.2) is 0 Å². The summed E-state index contributed by atoms with van der Waals surface area (Å²) in [6.45, 7) is 0. The quantitative estimate of drug-likeness (QED) is 0.0874. The number of thioether (sulfide) groups is 1. The minimum Gasteiger partial charge on any atom is -0.493 e. The average Bonchev–Trinajstić information content (AvgIpc) is 3.04. The van der Waals surface area contributed by atoms with Gasteiger partial charge in [-0.05, 0) is 101 Å². The molecule has 0 bridgehead atoms. The highest BCUT2D eigenvalue weighted by atomic mass is 127. The van der Waals surface area contributed by atoms with E-state index in [4.69, 9.17) is 14.2 Å². The smallest absolute Gasteiger partial charge is 0.272 e. The van der Waals surface area contributed by atoms with Crippen molar-refractivity contribution in [1.29, 1.82) is 0 Å². The van der Waals surface area contributed by atoms with Crippen LogP contribution >= 0.6 is 34.4 Å². The van der Waals surface area contributed by atoms with E-state index in [9.17, 15) is 14.4 Å². The van der Waals surface area contributed by atoms with Gasteiger partial charge in [-0.15, -0.1) is 11.8 Å². The second-order valence-electron chi connectivity index (χ2n) is 9.16. The van der Waals surface area contributed by atoms with Crippen LogP contribution in [0.5, 0.6) is 17.2 Å². The zero-order chi connectivity index (χ0) is 31.5. The summed E-state index contributed by atoms with van der Waals surface area (Å²) in [7, 11) is 4.48. The van der Waals surface area contributed by atoms with Gasteiger partial charge in [0.2, 0.25) is 11.7 Å². The molecule has 44 heavy (non-hydrogen) atoms. The van der Waals surface area contributed by atoms with Gasteiger partial charge in [-0.2, -0.15) is 0 Å². The molecule has 0 radical (unpaired) electrons. The van der Waals surface area contributed by atoms with Crippen LogP contribution in [-0.4, -0.2) is 44.8 Å². The zero-order valence-electron chi connectivity index (χ0n) is 24.2. The largest absolute Gasteiger partial charge is 0.493 e. The Kier molecular flexibility index (Phi) is 11.7. The van der Waals surface area contributed by atoms with Crippen LogP contribution in [0.25, 0.3) is 6.08 Å². The molecule has 0 saturated heterocycles. The molecule has 0 aliphatic carbocycles. The third kappa shape index (κ3) is 9.01. The number of nitrogens with one attached hydrogen (secondary N) is 3. The fourth-order valence-corrected chi connectivity index (χ4v) is 5.15. The Labute approximate surface area is 273 Å². The maximum absolute atomic E-state index is 13.6. The number of benzene rings is 4. The highest BCUT2D eigenvalue weighted by molar-refractivity contribution is 14.1. The van der Waals surface area contributed by atoms with E-state index in [0.717, 1.165) is 14.2 Å². The molecule has 11 heteroatoms. The topological polar surface area (TPSA) is 115 Å². The first-order valence-electron chi connectivity index (χ1n) is 13.3. The summed E-state index contributed by atoms with van der Waals surface area (Å²) in [4.78, 5) is 39.9. The summed E-state index contributed by atoms with van der Waals surface area (Å²) in [6.07, 6.45) is 1.52. The lowest BCUT2D eigenvalue weighted by molar-refractivity contribution is -0.114. The van der Waals surface area contributed by atoms with Gasteiger partial charge >= 0.3 is 0 Å². The van der Waals surface area contributed by atoms with Crippen LogP contribution in [0.15, 0.2) is 102 Å². The molecule has 0 aromatic heterocycles. The fraction of sp³-hybridized carbons (Fsp3) is 0.121. The molecule has 0 spiro atoms. The summed E-state index contributed by atoms with van der Waals surface area (Å²) in [6, 6.07) is 26.6. The Bertz CT molecular complexity index is 1640. The van der Waals surface area contributed by atoms with Crippen LogP contribution in [0.1, 0.15) is 15.9 Å². The number of rotatable bonds is 12. The first-order chi connectivity index (χ1) is 21.3. The van der Waals surface area contributed by atoms with Crippen LogP contribution in [0.4, 0.5) is 11.4 Å². The lowest BCUT2D eigenvalue weighted by atomic mass is 10.1. The van der Waals surface area contributed by atoms with E-state index in [0.29, 0.717) is 34.1 Å². The molecule has 0 saturated carbocycles. The maximum Gasteiger partial charge on any atom is 0.272 e. The standard InChI is InChI=1S/C33H30IN3O6S/c1-41-28-17-21(18-29(42-2)31(28)43-3)16-27(37-32(39)22-8-5-4-6-9-22)33(40)36-25-10-7-11-26(19-25)44-20-30(38)35-24-14-12-23(34)13-15-24/h4-19H,20H2,1-3H3,(H,35,38)(H,36,40)(H,37,39)/b27-16+. The molecule has 0 heterocycles. The summed E-state index contributed by atoms with van der Waals surface area (Å²) in [5.41, 5.74) is 2.12. The maximum atomic E-state index is 13.6. The van der Waals surface area contributed by atoms with Crippen LogP contribution < -0.4 is 30.2 Å². The van der Waals surface area contributed by atoms with E-state index in [1.54, 1.807) is 60.7 Å². The van der Waals surface area contributed by atoms with E-state index >= 15 is 0 Å². The lowest BCUT2D eigenvalue weighted by Crippen LogP contribution is -2.30. The van der Waals surface area contributed by atoms with Gasteiger partial charge in [0.05, 0.1) is 27.1 Å². The highest BCUT2D eigenvalue weighted by Gasteiger charge is 2.18. The van der Waals surface area contributed by atoms with Gasteiger partial charge in [-0.3, -0.25) is 14.4 Å². The Balaban J connectivity index is 1.54. The molecule has 226 valence electrons. The molecule has 4 aromatic carbocycles. The molecular formula is C33H30IN3O6S. The van der Waals surface area contributed by atoms with Crippen molar-refractivity contribution in [2.24, 2.45) is 0 Å². The molecule has 4 rings (SSSR count). The fourth-order valence-electron chi connectivity index (χ4n) is 4.04. The van der Waals surface area contributed by atoms with Crippen molar-refractivity contribution < 1.29 is 28.6 Å². The third-order valence-corrected chi connectivity index (χ3v) is 7.83. The number of amides is 3. The number of hydrogen-bond acceptors (Lipinski definition) is 7. The molecule has 0 aliphatic heterocycles. The Morgan fingerprint density at radius 1 is 0.773 bits per heavy atom. The van der Waals surface area contributed by atoms with Crippen LogP contribution in [0.3, 0.4) is 0 Å². The molecule has 3 amide bonds. The van der Waals surface area contributed by atoms with Gasteiger partial charge in [0.1, 0.15) is 5.70 Å². The number of halogens is 1. The molecule has 0 unspecified atom stereocenters. The molecular weight excluding hydrogens is 693 g/mol. The SMILES string of the molecule is COc1cc(/C=C(/NC(=O)c2ccccc2)C(=O)Nc2cccc(SCC(=O)Nc3ccc(I)cc3)c2)cc(OC)c1OC. The van der Waals surface area contributed by atoms with Gasteiger partial charge in [0.15, 0.2) is 11.5 Å². The van der Waals surface area contributed by atoms with Crippen molar-refractivity contribution in [3.05, 3.63) is 111 Å². The lowest BCUT2D eigenvalue weighted by Gasteiger charge is -2.15. The number of ether oxygens (including phenoxy) is 3. The second-order valence-corrected chi connectivity index (χ2v) is 11.5.